The van der Waals surface area contributed by atoms with Crippen molar-refractivity contribution in [2.24, 2.45) is 0 Å². The maximum absolute atomic E-state index is 12.7. The van der Waals surface area contributed by atoms with Crippen molar-refractivity contribution in [2.45, 2.75) is 17.7 Å². The molecule has 0 radical (unpaired) electrons. The molecule has 0 saturated carbocycles. The first-order valence-corrected chi connectivity index (χ1v) is 9.92. The fourth-order valence-electron chi connectivity index (χ4n) is 2.60. The summed E-state index contributed by atoms with van der Waals surface area (Å²) < 4.78 is 33.7. The van der Waals surface area contributed by atoms with Gasteiger partial charge in [0.25, 0.3) is 10.0 Å². The van der Waals surface area contributed by atoms with Gasteiger partial charge in [-0.15, -0.1) is 0 Å². The summed E-state index contributed by atoms with van der Waals surface area (Å²) in [7, 11) is -2.55. The number of benzene rings is 2. The van der Waals surface area contributed by atoms with Crippen LogP contribution in [-0.2, 0) is 19.6 Å². The Balaban J connectivity index is 2.03. The molecule has 1 N–H and O–H groups in total. The van der Waals surface area contributed by atoms with Gasteiger partial charge in [0.1, 0.15) is 5.75 Å². The van der Waals surface area contributed by atoms with Crippen molar-refractivity contribution in [1.82, 2.24) is 0 Å². The molecule has 136 valence electrons. The number of ether oxygens (including phenoxy) is 1. The molecule has 0 aliphatic carbocycles. The summed E-state index contributed by atoms with van der Waals surface area (Å²) >= 11 is 3.28. The van der Waals surface area contributed by atoms with Crippen molar-refractivity contribution in [3.63, 3.8) is 0 Å². The Kier molecular flexibility index (Phi) is 5.01. The number of rotatable bonds is 5. The van der Waals surface area contributed by atoms with Crippen LogP contribution in [0.15, 0.2) is 51.8 Å². The summed E-state index contributed by atoms with van der Waals surface area (Å²) in [6.07, 6.45) is 0.183. The van der Waals surface area contributed by atoms with E-state index >= 15 is 0 Å². The van der Waals surface area contributed by atoms with E-state index in [0.29, 0.717) is 10.2 Å². The van der Waals surface area contributed by atoms with Gasteiger partial charge in [-0.2, -0.15) is 0 Å². The third-order valence-electron chi connectivity index (χ3n) is 3.87. The van der Waals surface area contributed by atoms with Crippen LogP contribution in [0.2, 0.25) is 0 Å². The van der Waals surface area contributed by atoms with Gasteiger partial charge in [0.15, 0.2) is 0 Å². The van der Waals surface area contributed by atoms with E-state index in [1.165, 1.54) is 25.3 Å². The number of anilines is 2. The van der Waals surface area contributed by atoms with Crippen molar-refractivity contribution in [1.29, 1.82) is 0 Å². The second-order valence-electron chi connectivity index (χ2n) is 5.54. The Labute approximate surface area is 159 Å². The van der Waals surface area contributed by atoms with Gasteiger partial charge in [-0.1, -0.05) is 12.1 Å². The first kappa shape index (κ1) is 18.4. The standard InChI is InChI=1S/C17H15BrN2O5S/c1-25-15-7-6-11(10-14(15)20-16(21)8-9-17(20)22)26(23,24)19-13-5-3-2-4-12(13)18/h2-7,10,19H,8-9H2,1H3. The van der Waals surface area contributed by atoms with Gasteiger partial charge in [-0.3, -0.25) is 14.3 Å². The number of sulfonamides is 1. The Morgan fingerprint density at radius 3 is 2.35 bits per heavy atom. The number of carbonyl (C=O) groups is 2. The molecule has 1 aliphatic heterocycles. The monoisotopic (exact) mass is 438 g/mol. The molecule has 1 fully saturated rings. The number of carbonyl (C=O) groups excluding carboxylic acids is 2. The highest BCUT2D eigenvalue weighted by Gasteiger charge is 2.33. The first-order chi connectivity index (χ1) is 12.3. The molecule has 1 saturated heterocycles. The Morgan fingerprint density at radius 1 is 1.08 bits per heavy atom. The summed E-state index contributed by atoms with van der Waals surface area (Å²) in [6.45, 7) is 0. The molecule has 0 bridgehead atoms. The van der Waals surface area contributed by atoms with Crippen LogP contribution in [0.3, 0.4) is 0 Å². The SMILES string of the molecule is COc1ccc(S(=O)(=O)Nc2ccccc2Br)cc1N1C(=O)CCC1=O. The molecule has 3 rings (SSSR count). The van der Waals surface area contributed by atoms with Crippen LogP contribution in [0.25, 0.3) is 0 Å². The smallest absolute Gasteiger partial charge is 0.262 e. The quantitative estimate of drug-likeness (QED) is 0.724. The molecule has 9 heteroatoms. The van der Waals surface area contributed by atoms with Crippen LogP contribution < -0.4 is 14.4 Å². The largest absolute Gasteiger partial charge is 0.495 e. The van der Waals surface area contributed by atoms with Gasteiger partial charge in [0, 0.05) is 17.3 Å². The second kappa shape index (κ2) is 7.08. The van der Waals surface area contributed by atoms with E-state index in [9.17, 15) is 18.0 Å². The van der Waals surface area contributed by atoms with Gasteiger partial charge in [0.2, 0.25) is 11.8 Å². The number of hydrogen-bond donors (Lipinski definition) is 1. The van der Waals surface area contributed by atoms with Crippen LogP contribution in [0, 0.1) is 0 Å². The van der Waals surface area contributed by atoms with Crippen LogP contribution in [0.1, 0.15) is 12.8 Å². The number of hydrogen-bond acceptors (Lipinski definition) is 5. The van der Waals surface area contributed by atoms with Crippen molar-refractivity contribution in [2.75, 3.05) is 16.7 Å². The first-order valence-electron chi connectivity index (χ1n) is 7.64. The number of halogens is 1. The Bertz CT molecular complexity index is 974. The van der Waals surface area contributed by atoms with E-state index in [4.69, 9.17) is 4.74 Å². The van der Waals surface area contributed by atoms with Crippen molar-refractivity contribution in [3.8, 4) is 5.75 Å². The van der Waals surface area contributed by atoms with Gasteiger partial charge >= 0.3 is 0 Å². The van der Waals surface area contributed by atoms with E-state index in [-0.39, 0.29) is 41.0 Å². The van der Waals surface area contributed by atoms with Crippen LogP contribution in [0.4, 0.5) is 11.4 Å². The summed E-state index contributed by atoms with van der Waals surface area (Å²) in [5, 5.41) is 0. The van der Waals surface area contributed by atoms with Crippen LogP contribution >= 0.6 is 15.9 Å². The number of imide groups is 1. The maximum Gasteiger partial charge on any atom is 0.262 e. The third kappa shape index (κ3) is 3.45. The predicted octanol–water partition coefficient (Wildman–Crippen LogP) is 2.91. The van der Waals surface area contributed by atoms with Gasteiger partial charge in [-0.25, -0.2) is 13.3 Å². The molecule has 26 heavy (non-hydrogen) atoms. The fraction of sp³-hybridized carbons (Fsp3) is 0.176. The average Bonchev–Trinajstić information content (AvgIpc) is 2.94. The second-order valence-corrected chi connectivity index (χ2v) is 8.08. The molecule has 1 heterocycles. The zero-order valence-corrected chi connectivity index (χ0v) is 16.1. The maximum atomic E-state index is 12.7. The molecule has 2 amide bonds. The number of nitrogens with zero attached hydrogens (tertiary/aromatic N) is 1. The predicted molar refractivity (Wildman–Crippen MR) is 99.7 cm³/mol. The van der Waals surface area contributed by atoms with Crippen molar-refractivity contribution in [3.05, 3.63) is 46.9 Å². The minimum Gasteiger partial charge on any atom is -0.495 e. The van der Waals surface area contributed by atoms with Gasteiger partial charge in [-0.05, 0) is 46.3 Å². The zero-order chi connectivity index (χ0) is 18.9. The third-order valence-corrected chi connectivity index (χ3v) is 5.93. The number of amides is 2. The van der Waals surface area contributed by atoms with Gasteiger partial charge < -0.3 is 4.74 Å². The lowest BCUT2D eigenvalue weighted by molar-refractivity contribution is -0.121. The van der Waals surface area contributed by atoms with E-state index < -0.39 is 10.0 Å². The normalized spacial score (nSPS) is 14.6. The molecular weight excluding hydrogens is 424 g/mol. The van der Waals surface area contributed by atoms with E-state index in [0.717, 1.165) is 4.90 Å². The topological polar surface area (TPSA) is 92.8 Å². The minimum atomic E-state index is -3.93. The fourth-order valence-corrected chi connectivity index (χ4v) is 4.22. The molecule has 0 aromatic heterocycles. The molecule has 1 aliphatic rings. The lowest BCUT2D eigenvalue weighted by Crippen LogP contribution is -2.29. The summed E-state index contributed by atoms with van der Waals surface area (Å²) in [6, 6.07) is 10.8. The number of para-hydroxylation sites is 1. The van der Waals surface area contributed by atoms with Gasteiger partial charge in [0.05, 0.1) is 23.4 Å². The van der Waals surface area contributed by atoms with E-state index in [1.807, 2.05) is 0 Å². The molecule has 2 aromatic carbocycles. The lowest BCUT2D eigenvalue weighted by atomic mass is 10.2. The molecule has 2 aromatic rings. The van der Waals surface area contributed by atoms with Crippen molar-refractivity contribution >= 4 is 49.1 Å². The van der Waals surface area contributed by atoms with E-state index in [2.05, 4.69) is 20.7 Å². The highest BCUT2D eigenvalue weighted by atomic mass is 79.9. The van der Waals surface area contributed by atoms with Crippen molar-refractivity contribution < 1.29 is 22.7 Å². The molecule has 0 spiro atoms. The molecule has 0 atom stereocenters. The molecule has 0 unspecified atom stereocenters. The minimum absolute atomic E-state index is 0.0865. The molecular formula is C17H15BrN2O5S. The highest BCUT2D eigenvalue weighted by Crippen LogP contribution is 2.35. The van der Waals surface area contributed by atoms with Crippen LogP contribution in [-0.4, -0.2) is 27.3 Å². The Hall–Kier alpha value is -2.39. The average molecular weight is 439 g/mol. The number of nitrogens with one attached hydrogen (secondary N) is 1. The zero-order valence-electron chi connectivity index (χ0n) is 13.7. The lowest BCUT2D eigenvalue weighted by Gasteiger charge is -2.19. The van der Waals surface area contributed by atoms with Crippen LogP contribution in [0.5, 0.6) is 5.75 Å². The highest BCUT2D eigenvalue weighted by molar-refractivity contribution is 9.10. The summed E-state index contributed by atoms with van der Waals surface area (Å²) in [4.78, 5) is 24.9. The van der Waals surface area contributed by atoms with E-state index in [1.54, 1.807) is 24.3 Å². The summed E-state index contributed by atoms with van der Waals surface area (Å²) in [5.74, 6) is -0.531. The number of methoxy groups -OCH3 is 1. The Morgan fingerprint density at radius 2 is 1.73 bits per heavy atom. The summed E-state index contributed by atoms with van der Waals surface area (Å²) in [5.41, 5.74) is 0.494. The molecule has 7 nitrogen and oxygen atoms in total.